The summed E-state index contributed by atoms with van der Waals surface area (Å²) in [7, 11) is 0. The number of carbonyl (C=O) groups excluding carboxylic acids is 1. The van der Waals surface area contributed by atoms with Crippen molar-refractivity contribution in [3.8, 4) is 0 Å². The van der Waals surface area contributed by atoms with Gasteiger partial charge in [0.15, 0.2) is 0 Å². The zero-order chi connectivity index (χ0) is 14.0. The van der Waals surface area contributed by atoms with Crippen molar-refractivity contribution >= 4 is 44.8 Å². The van der Waals surface area contributed by atoms with Crippen LogP contribution in [0, 0.1) is 0 Å². The van der Waals surface area contributed by atoms with E-state index in [9.17, 15) is 4.79 Å². The molecule has 3 nitrogen and oxygen atoms in total. The number of nitrogens with zero attached hydrogens (tertiary/aromatic N) is 1. The summed E-state index contributed by atoms with van der Waals surface area (Å²) in [5.74, 6) is -0.110. The zero-order valence-electron chi connectivity index (χ0n) is 10.6. The van der Waals surface area contributed by atoms with Crippen LogP contribution in [0.3, 0.4) is 0 Å². The van der Waals surface area contributed by atoms with Crippen molar-refractivity contribution in [3.63, 3.8) is 0 Å². The first-order chi connectivity index (χ1) is 8.99. The quantitative estimate of drug-likeness (QED) is 0.856. The summed E-state index contributed by atoms with van der Waals surface area (Å²) in [5.41, 5.74) is 0.590. The molecule has 2 heterocycles. The first-order valence-corrected chi connectivity index (χ1v) is 7.91. The molecule has 1 N–H and O–H groups in total. The highest BCUT2D eigenvalue weighted by Gasteiger charge is 2.15. The fraction of sp³-hybridized carbons (Fsp3) is 0.308. The Balaban J connectivity index is 2.10. The van der Waals surface area contributed by atoms with E-state index in [4.69, 9.17) is 11.6 Å². The molecule has 0 atom stereocenters. The number of aromatic nitrogens is 1. The Kier molecular flexibility index (Phi) is 4.71. The highest BCUT2D eigenvalue weighted by Crippen LogP contribution is 2.23. The van der Waals surface area contributed by atoms with Crippen molar-refractivity contribution < 1.29 is 4.79 Å². The second-order valence-corrected chi connectivity index (χ2v) is 6.71. The largest absolute Gasteiger partial charge is 0.346 e. The maximum absolute atomic E-state index is 12.2. The molecule has 0 saturated heterocycles. The molecule has 2 rings (SSSR count). The van der Waals surface area contributed by atoms with Gasteiger partial charge in [0.2, 0.25) is 0 Å². The van der Waals surface area contributed by atoms with E-state index in [1.807, 2.05) is 29.9 Å². The minimum atomic E-state index is -0.110. The van der Waals surface area contributed by atoms with Crippen molar-refractivity contribution in [2.45, 2.75) is 26.4 Å². The molecule has 0 aliphatic heterocycles. The van der Waals surface area contributed by atoms with Crippen molar-refractivity contribution in [2.24, 2.45) is 0 Å². The van der Waals surface area contributed by atoms with E-state index in [0.717, 1.165) is 9.35 Å². The standard InChI is InChI=1S/C13H14BrClN2OS/c1-8(2)17-7-9(15)5-11(17)13(18)16-6-12-10(14)3-4-19-12/h3-5,7-8H,6H2,1-2H3,(H,16,18). The highest BCUT2D eigenvalue weighted by molar-refractivity contribution is 9.10. The lowest BCUT2D eigenvalue weighted by Gasteiger charge is -2.12. The van der Waals surface area contributed by atoms with Crippen LogP contribution >= 0.6 is 38.9 Å². The summed E-state index contributed by atoms with van der Waals surface area (Å²) >= 11 is 11.0. The first-order valence-electron chi connectivity index (χ1n) is 5.86. The minimum absolute atomic E-state index is 0.110. The van der Waals surface area contributed by atoms with Gasteiger partial charge in [-0.1, -0.05) is 11.6 Å². The predicted octanol–water partition coefficient (Wildman–Crippen LogP) is 4.48. The molecule has 2 aromatic heterocycles. The van der Waals surface area contributed by atoms with Gasteiger partial charge in [0.25, 0.3) is 5.91 Å². The molecular weight excluding hydrogens is 348 g/mol. The van der Waals surface area contributed by atoms with Crippen LogP contribution in [0.15, 0.2) is 28.2 Å². The van der Waals surface area contributed by atoms with Crippen molar-refractivity contribution in [2.75, 3.05) is 0 Å². The second-order valence-electron chi connectivity index (χ2n) is 4.42. The molecule has 0 aliphatic rings. The summed E-state index contributed by atoms with van der Waals surface area (Å²) in [5, 5.41) is 5.48. The van der Waals surface area contributed by atoms with Crippen LogP contribution < -0.4 is 5.32 Å². The fourth-order valence-corrected chi connectivity index (χ4v) is 3.40. The van der Waals surface area contributed by atoms with Crippen LogP contribution in [0.1, 0.15) is 35.3 Å². The van der Waals surface area contributed by atoms with Crippen molar-refractivity contribution in [1.29, 1.82) is 0 Å². The van der Waals surface area contributed by atoms with Crippen LogP contribution in [0.25, 0.3) is 0 Å². The van der Waals surface area contributed by atoms with E-state index >= 15 is 0 Å². The van der Waals surface area contributed by atoms with Crippen LogP contribution in [-0.2, 0) is 6.54 Å². The number of nitrogens with one attached hydrogen (secondary N) is 1. The van der Waals surface area contributed by atoms with Crippen LogP contribution in [0.4, 0.5) is 0 Å². The molecule has 0 fully saturated rings. The van der Waals surface area contributed by atoms with Gasteiger partial charge in [-0.05, 0) is 47.3 Å². The van der Waals surface area contributed by atoms with Crippen molar-refractivity contribution in [3.05, 3.63) is 43.8 Å². The zero-order valence-corrected chi connectivity index (χ0v) is 13.8. The van der Waals surface area contributed by atoms with Gasteiger partial charge in [-0.25, -0.2) is 0 Å². The average molecular weight is 362 g/mol. The third kappa shape index (κ3) is 3.41. The van der Waals surface area contributed by atoms with Gasteiger partial charge in [0, 0.05) is 21.6 Å². The summed E-state index contributed by atoms with van der Waals surface area (Å²) in [6.45, 7) is 4.55. The van der Waals surface area contributed by atoms with E-state index in [1.54, 1.807) is 23.6 Å². The van der Waals surface area contributed by atoms with E-state index in [2.05, 4.69) is 21.2 Å². The van der Waals surface area contributed by atoms with Crippen LogP contribution in [0.2, 0.25) is 5.02 Å². The van der Waals surface area contributed by atoms with Crippen LogP contribution in [0.5, 0.6) is 0 Å². The van der Waals surface area contributed by atoms with Gasteiger partial charge in [0.1, 0.15) is 5.69 Å². The van der Waals surface area contributed by atoms with Gasteiger partial charge in [-0.3, -0.25) is 4.79 Å². The molecule has 0 radical (unpaired) electrons. The maximum Gasteiger partial charge on any atom is 0.268 e. The molecule has 0 saturated carbocycles. The van der Waals surface area contributed by atoms with Gasteiger partial charge < -0.3 is 9.88 Å². The van der Waals surface area contributed by atoms with Crippen molar-refractivity contribution in [1.82, 2.24) is 9.88 Å². The molecule has 0 spiro atoms. The Hall–Kier alpha value is -0.780. The van der Waals surface area contributed by atoms with Gasteiger partial charge in [-0.2, -0.15) is 0 Å². The lowest BCUT2D eigenvalue weighted by atomic mass is 10.3. The minimum Gasteiger partial charge on any atom is -0.346 e. The Labute approximate surface area is 129 Å². The van der Waals surface area contributed by atoms with E-state index in [0.29, 0.717) is 17.3 Å². The van der Waals surface area contributed by atoms with E-state index in [1.165, 1.54) is 0 Å². The number of hydrogen-bond acceptors (Lipinski definition) is 2. The number of thiophene rings is 1. The fourth-order valence-electron chi connectivity index (χ4n) is 1.76. The number of hydrogen-bond donors (Lipinski definition) is 1. The molecule has 0 aromatic carbocycles. The molecule has 6 heteroatoms. The number of halogens is 2. The molecule has 0 aliphatic carbocycles. The lowest BCUT2D eigenvalue weighted by molar-refractivity contribution is 0.0940. The third-order valence-corrected chi connectivity index (χ3v) is 4.84. The van der Waals surface area contributed by atoms with Gasteiger partial charge >= 0.3 is 0 Å². The normalized spacial score (nSPS) is 11.0. The molecule has 1 amide bonds. The molecule has 2 aromatic rings. The summed E-state index contributed by atoms with van der Waals surface area (Å²) in [4.78, 5) is 13.3. The Morgan fingerprint density at radius 2 is 2.32 bits per heavy atom. The lowest BCUT2D eigenvalue weighted by Crippen LogP contribution is -2.25. The average Bonchev–Trinajstić information content (AvgIpc) is 2.92. The van der Waals surface area contributed by atoms with E-state index < -0.39 is 0 Å². The molecule has 102 valence electrons. The SMILES string of the molecule is CC(C)n1cc(Cl)cc1C(=O)NCc1sccc1Br. The number of rotatable bonds is 4. The smallest absolute Gasteiger partial charge is 0.268 e. The first kappa shape index (κ1) is 14.6. The number of carbonyl (C=O) groups is 1. The Morgan fingerprint density at radius 3 is 2.89 bits per heavy atom. The van der Waals surface area contributed by atoms with Gasteiger partial charge in [0.05, 0.1) is 11.6 Å². The highest BCUT2D eigenvalue weighted by atomic mass is 79.9. The molecular formula is C13H14BrClN2OS. The predicted molar refractivity (Wildman–Crippen MR) is 83.0 cm³/mol. The monoisotopic (exact) mass is 360 g/mol. The van der Waals surface area contributed by atoms with Crippen LogP contribution in [-0.4, -0.2) is 10.5 Å². The van der Waals surface area contributed by atoms with Gasteiger partial charge in [-0.15, -0.1) is 11.3 Å². The van der Waals surface area contributed by atoms with E-state index in [-0.39, 0.29) is 11.9 Å². The Bertz CT molecular complexity index is 591. The maximum atomic E-state index is 12.2. The summed E-state index contributed by atoms with van der Waals surface area (Å²) in [6.07, 6.45) is 1.78. The molecule has 0 unspecified atom stereocenters. The third-order valence-electron chi connectivity index (χ3n) is 2.70. The topological polar surface area (TPSA) is 34.0 Å². The second kappa shape index (κ2) is 6.11. The molecule has 19 heavy (non-hydrogen) atoms. The Morgan fingerprint density at radius 1 is 1.58 bits per heavy atom. The molecule has 0 bridgehead atoms. The number of amides is 1. The summed E-state index contributed by atoms with van der Waals surface area (Å²) in [6, 6.07) is 3.86. The summed E-state index contributed by atoms with van der Waals surface area (Å²) < 4.78 is 2.90.